The molecule has 1 aliphatic carbocycles. The highest BCUT2D eigenvalue weighted by atomic mass is 79.9. The lowest BCUT2D eigenvalue weighted by Crippen LogP contribution is -2.43. The number of benzene rings is 2. The summed E-state index contributed by atoms with van der Waals surface area (Å²) in [6.45, 7) is 0. The van der Waals surface area contributed by atoms with E-state index in [1.165, 1.54) is 24.7 Å². The molecule has 6 nitrogen and oxygen atoms in total. The van der Waals surface area contributed by atoms with Gasteiger partial charge in [-0.25, -0.2) is 9.18 Å². The Balaban J connectivity index is 1.93. The predicted octanol–water partition coefficient (Wildman–Crippen LogP) is 3.15. The van der Waals surface area contributed by atoms with Gasteiger partial charge >= 0.3 is 5.69 Å². The first-order valence-corrected chi connectivity index (χ1v) is 10.0. The average Bonchev–Trinajstić information content (AvgIpc) is 3.03. The number of nitrogens with zero attached hydrogens (tertiary/aromatic N) is 2. The minimum absolute atomic E-state index is 0.163. The molecule has 0 saturated carbocycles. The van der Waals surface area contributed by atoms with E-state index in [4.69, 9.17) is 0 Å². The summed E-state index contributed by atoms with van der Waals surface area (Å²) in [5, 5.41) is 3.13. The topological polar surface area (TPSA) is 73.1 Å². The maximum atomic E-state index is 15.0. The van der Waals surface area contributed by atoms with E-state index in [1.807, 2.05) is 0 Å². The molecule has 0 radical (unpaired) electrons. The van der Waals surface area contributed by atoms with Crippen molar-refractivity contribution in [2.24, 2.45) is 14.1 Å². The Morgan fingerprint density at radius 3 is 2.43 bits per heavy atom. The lowest BCUT2D eigenvalue weighted by Gasteiger charge is -2.30. The van der Waals surface area contributed by atoms with Gasteiger partial charge in [-0.2, -0.15) is 0 Å². The van der Waals surface area contributed by atoms with Crippen LogP contribution in [-0.2, 0) is 14.1 Å². The number of carbonyl (C=O) groups excluding carboxylic acids is 1. The van der Waals surface area contributed by atoms with Crippen LogP contribution in [0, 0.1) is 5.82 Å². The van der Waals surface area contributed by atoms with Crippen molar-refractivity contribution in [1.29, 1.82) is 0 Å². The van der Waals surface area contributed by atoms with Gasteiger partial charge < -0.3 is 5.32 Å². The molecular formula is C22H15BrFN3O3. The van der Waals surface area contributed by atoms with Gasteiger partial charge in [0.15, 0.2) is 5.78 Å². The smallest absolute Gasteiger partial charge is 0.332 e. The van der Waals surface area contributed by atoms with Crippen LogP contribution in [0.4, 0.5) is 10.2 Å². The third-order valence-corrected chi connectivity index (χ3v) is 6.24. The molecule has 1 aliphatic heterocycles. The Kier molecular flexibility index (Phi) is 3.98. The number of carbonyl (C=O) groups is 1. The highest BCUT2D eigenvalue weighted by Gasteiger charge is 2.43. The maximum absolute atomic E-state index is 15.0. The second-order valence-corrected chi connectivity index (χ2v) is 8.27. The number of halogens is 2. The number of nitrogens with one attached hydrogen (secondary N) is 1. The molecule has 30 heavy (non-hydrogen) atoms. The third-order valence-electron chi connectivity index (χ3n) is 5.74. The monoisotopic (exact) mass is 467 g/mol. The molecule has 1 atom stereocenters. The number of hydrogen-bond donors (Lipinski definition) is 1. The molecule has 2 aromatic carbocycles. The van der Waals surface area contributed by atoms with Crippen LogP contribution in [0.25, 0.3) is 5.70 Å². The van der Waals surface area contributed by atoms with E-state index in [2.05, 4.69) is 21.2 Å². The molecule has 0 amide bonds. The van der Waals surface area contributed by atoms with Gasteiger partial charge in [0.2, 0.25) is 0 Å². The van der Waals surface area contributed by atoms with Crippen LogP contribution in [0.2, 0.25) is 0 Å². The average molecular weight is 468 g/mol. The lowest BCUT2D eigenvalue weighted by atomic mass is 9.81. The van der Waals surface area contributed by atoms with Gasteiger partial charge in [0.05, 0.1) is 17.2 Å². The van der Waals surface area contributed by atoms with Crippen molar-refractivity contribution >= 4 is 33.2 Å². The van der Waals surface area contributed by atoms with Gasteiger partial charge in [0.1, 0.15) is 11.6 Å². The summed E-state index contributed by atoms with van der Waals surface area (Å²) in [6.07, 6.45) is 0. The molecule has 1 aromatic heterocycles. The van der Waals surface area contributed by atoms with Crippen molar-refractivity contribution in [3.63, 3.8) is 0 Å². The quantitative estimate of drug-likeness (QED) is 0.596. The number of rotatable bonds is 1. The van der Waals surface area contributed by atoms with E-state index in [0.29, 0.717) is 26.9 Å². The first kappa shape index (κ1) is 18.7. The van der Waals surface area contributed by atoms with Crippen LogP contribution in [-0.4, -0.2) is 14.9 Å². The molecule has 3 aromatic rings. The van der Waals surface area contributed by atoms with Crippen molar-refractivity contribution < 1.29 is 9.18 Å². The van der Waals surface area contributed by atoms with E-state index in [0.717, 1.165) is 4.57 Å². The van der Waals surface area contributed by atoms with Crippen LogP contribution >= 0.6 is 15.9 Å². The first-order valence-electron chi connectivity index (χ1n) is 9.21. The zero-order valence-electron chi connectivity index (χ0n) is 16.0. The summed E-state index contributed by atoms with van der Waals surface area (Å²) in [5.41, 5.74) is 1.21. The van der Waals surface area contributed by atoms with E-state index < -0.39 is 23.0 Å². The van der Waals surface area contributed by atoms with E-state index in [-0.39, 0.29) is 22.7 Å². The van der Waals surface area contributed by atoms with Crippen LogP contribution in [0.1, 0.15) is 33.0 Å². The zero-order chi connectivity index (χ0) is 21.3. The maximum Gasteiger partial charge on any atom is 0.332 e. The molecule has 0 unspecified atom stereocenters. The molecule has 0 bridgehead atoms. The van der Waals surface area contributed by atoms with E-state index in [1.54, 1.807) is 36.4 Å². The Labute approximate surface area is 178 Å². The van der Waals surface area contributed by atoms with Gasteiger partial charge in [-0.05, 0) is 18.2 Å². The van der Waals surface area contributed by atoms with Crippen molar-refractivity contribution in [1.82, 2.24) is 9.13 Å². The Morgan fingerprint density at radius 1 is 1.00 bits per heavy atom. The molecule has 0 saturated heterocycles. The third kappa shape index (κ3) is 2.37. The van der Waals surface area contributed by atoms with E-state index >= 15 is 4.39 Å². The second-order valence-electron chi connectivity index (χ2n) is 7.36. The largest absolute Gasteiger partial charge is 0.340 e. The molecule has 2 aliphatic rings. The van der Waals surface area contributed by atoms with Crippen molar-refractivity contribution in [2.75, 3.05) is 5.32 Å². The standard InChI is InChI=1S/C22H15BrFN3O3/c1-26-20-17(21(29)27(2)22(26)30)15(13-9-10(23)7-8-14(13)24)16-18(25-20)11-5-3-4-6-12(11)19(16)28/h3-9,15,25H,1-2H3/t15-/m0/s1. The van der Waals surface area contributed by atoms with Crippen LogP contribution in [0.3, 0.4) is 0 Å². The number of fused-ring (bicyclic) bond motifs is 3. The molecule has 1 N–H and O–H groups in total. The SMILES string of the molecule is Cn1c2c(c(=O)n(C)c1=O)[C@@H](c1cc(Br)ccc1F)C1=C(N2)c2ccccc2C1=O. The van der Waals surface area contributed by atoms with Gasteiger partial charge in [-0.3, -0.25) is 18.7 Å². The number of ketones is 1. The van der Waals surface area contributed by atoms with Gasteiger partial charge in [-0.15, -0.1) is 0 Å². The summed E-state index contributed by atoms with van der Waals surface area (Å²) in [6, 6.07) is 11.5. The fourth-order valence-corrected chi connectivity index (χ4v) is 4.68. The van der Waals surface area contributed by atoms with Crippen LogP contribution in [0.15, 0.2) is 62.1 Å². The molecule has 5 rings (SSSR count). The number of Topliss-reactive ketones (excluding diaryl/α,β-unsaturated/α-hetero) is 1. The summed E-state index contributed by atoms with van der Waals surface area (Å²) in [4.78, 5) is 39.1. The molecule has 0 fully saturated rings. The van der Waals surface area contributed by atoms with Gasteiger partial charge in [0, 0.05) is 40.8 Å². The number of hydrogen-bond acceptors (Lipinski definition) is 4. The zero-order valence-corrected chi connectivity index (χ0v) is 17.6. The fraction of sp³-hybridized carbons (Fsp3) is 0.136. The number of aromatic nitrogens is 2. The van der Waals surface area contributed by atoms with Gasteiger partial charge in [-0.1, -0.05) is 40.2 Å². The minimum Gasteiger partial charge on any atom is -0.340 e. The molecule has 8 heteroatoms. The second kappa shape index (κ2) is 6.37. The van der Waals surface area contributed by atoms with E-state index in [9.17, 15) is 14.4 Å². The van der Waals surface area contributed by atoms with Crippen molar-refractivity contribution in [3.8, 4) is 0 Å². The Bertz CT molecular complexity index is 1430. The van der Waals surface area contributed by atoms with Crippen LogP contribution in [0.5, 0.6) is 0 Å². The first-order chi connectivity index (χ1) is 14.3. The Morgan fingerprint density at radius 2 is 1.70 bits per heavy atom. The molecular weight excluding hydrogens is 453 g/mol. The highest BCUT2D eigenvalue weighted by molar-refractivity contribution is 9.10. The van der Waals surface area contributed by atoms with Crippen molar-refractivity contribution in [3.05, 3.63) is 101 Å². The molecule has 2 heterocycles. The minimum atomic E-state index is -0.959. The predicted molar refractivity (Wildman–Crippen MR) is 114 cm³/mol. The lowest BCUT2D eigenvalue weighted by molar-refractivity contribution is 0.103. The van der Waals surface area contributed by atoms with Crippen molar-refractivity contribution in [2.45, 2.75) is 5.92 Å². The summed E-state index contributed by atoms with van der Waals surface area (Å²) < 4.78 is 17.9. The summed E-state index contributed by atoms with van der Waals surface area (Å²) >= 11 is 3.36. The van der Waals surface area contributed by atoms with Crippen LogP contribution < -0.4 is 16.6 Å². The normalized spacial score (nSPS) is 16.8. The summed E-state index contributed by atoms with van der Waals surface area (Å²) in [7, 11) is 2.91. The Hall–Kier alpha value is -3.26. The molecule has 0 spiro atoms. The summed E-state index contributed by atoms with van der Waals surface area (Å²) in [5.74, 6) is -1.50. The van der Waals surface area contributed by atoms with Gasteiger partial charge in [0.25, 0.3) is 5.56 Å². The number of allylic oxidation sites excluding steroid dienone is 1. The highest BCUT2D eigenvalue weighted by Crippen LogP contribution is 2.48. The molecule has 150 valence electrons. The number of anilines is 1. The fourth-order valence-electron chi connectivity index (χ4n) is 4.30.